The third-order valence-corrected chi connectivity index (χ3v) is 7.13. The van der Waals surface area contributed by atoms with Crippen LogP contribution in [0.1, 0.15) is 32.1 Å². The van der Waals surface area contributed by atoms with Crippen LogP contribution in [0.3, 0.4) is 0 Å². The van der Waals surface area contributed by atoms with E-state index in [1.807, 2.05) is 0 Å². The predicted octanol–water partition coefficient (Wildman–Crippen LogP) is 2.11. The van der Waals surface area contributed by atoms with Gasteiger partial charge in [0.05, 0.1) is 19.1 Å². The molecule has 1 aromatic carbocycles. The second kappa shape index (κ2) is 6.84. The lowest BCUT2D eigenvalue weighted by Crippen LogP contribution is -2.46. The minimum Gasteiger partial charge on any atom is -0.497 e. The second-order valence-corrected chi connectivity index (χ2v) is 8.43. The number of carboxylic acids is 1. The van der Waals surface area contributed by atoms with Crippen molar-refractivity contribution >= 4 is 16.0 Å². The normalized spacial score (nSPS) is 26.9. The molecule has 1 saturated carbocycles. The SMILES string of the molecule is COc1cc(OC)cc(S(=O)(=O)N2C(C(=O)O)CC3CCCCC32)c1. The van der Waals surface area contributed by atoms with Crippen molar-refractivity contribution < 1.29 is 27.8 Å². The summed E-state index contributed by atoms with van der Waals surface area (Å²) in [5, 5.41) is 9.59. The molecule has 138 valence electrons. The molecule has 1 aliphatic heterocycles. The van der Waals surface area contributed by atoms with Crippen LogP contribution in [0.5, 0.6) is 11.5 Å². The van der Waals surface area contributed by atoms with E-state index in [0.29, 0.717) is 24.3 Å². The second-order valence-electron chi connectivity index (χ2n) is 6.58. The van der Waals surface area contributed by atoms with Gasteiger partial charge in [-0.15, -0.1) is 0 Å². The molecule has 1 aliphatic carbocycles. The molecule has 1 aromatic rings. The largest absolute Gasteiger partial charge is 0.497 e. The Morgan fingerprint density at radius 1 is 1.12 bits per heavy atom. The summed E-state index contributed by atoms with van der Waals surface area (Å²) in [4.78, 5) is 11.7. The van der Waals surface area contributed by atoms with Gasteiger partial charge in [-0.05, 0) is 25.2 Å². The van der Waals surface area contributed by atoms with E-state index in [1.54, 1.807) is 6.07 Å². The van der Waals surface area contributed by atoms with Gasteiger partial charge in [0.15, 0.2) is 0 Å². The van der Waals surface area contributed by atoms with Gasteiger partial charge in [-0.1, -0.05) is 12.8 Å². The molecule has 0 spiro atoms. The first kappa shape index (κ1) is 18.0. The van der Waals surface area contributed by atoms with Crippen LogP contribution >= 0.6 is 0 Å². The zero-order valence-electron chi connectivity index (χ0n) is 14.3. The topological polar surface area (TPSA) is 93.1 Å². The molecule has 3 atom stereocenters. The van der Waals surface area contributed by atoms with E-state index in [4.69, 9.17) is 9.47 Å². The number of carboxylic acid groups (broad SMARTS) is 1. The molecular weight excluding hydrogens is 346 g/mol. The van der Waals surface area contributed by atoms with Gasteiger partial charge in [-0.3, -0.25) is 4.79 Å². The van der Waals surface area contributed by atoms with E-state index in [1.165, 1.54) is 30.7 Å². The van der Waals surface area contributed by atoms with Gasteiger partial charge in [-0.25, -0.2) is 8.42 Å². The van der Waals surface area contributed by atoms with Crippen LogP contribution in [0.2, 0.25) is 0 Å². The summed E-state index contributed by atoms with van der Waals surface area (Å²) < 4.78 is 38.1. The van der Waals surface area contributed by atoms with Crippen LogP contribution in [-0.4, -0.2) is 50.1 Å². The number of hydrogen-bond acceptors (Lipinski definition) is 5. The maximum atomic E-state index is 13.3. The molecule has 0 bridgehead atoms. The first-order chi connectivity index (χ1) is 11.9. The Labute approximate surface area is 147 Å². The van der Waals surface area contributed by atoms with Crippen molar-refractivity contribution in [2.24, 2.45) is 5.92 Å². The Hall–Kier alpha value is -1.80. The molecule has 0 amide bonds. The molecule has 0 radical (unpaired) electrons. The van der Waals surface area contributed by atoms with Crippen molar-refractivity contribution in [3.8, 4) is 11.5 Å². The van der Waals surface area contributed by atoms with Gasteiger partial charge in [-0.2, -0.15) is 4.31 Å². The molecule has 25 heavy (non-hydrogen) atoms. The number of fused-ring (bicyclic) bond motifs is 1. The highest BCUT2D eigenvalue weighted by atomic mass is 32.2. The highest BCUT2D eigenvalue weighted by molar-refractivity contribution is 7.89. The Balaban J connectivity index is 2.06. The maximum Gasteiger partial charge on any atom is 0.322 e. The number of ether oxygens (including phenoxy) is 2. The zero-order valence-corrected chi connectivity index (χ0v) is 15.2. The quantitative estimate of drug-likeness (QED) is 0.854. The highest BCUT2D eigenvalue weighted by Gasteiger charge is 2.51. The van der Waals surface area contributed by atoms with Crippen LogP contribution in [-0.2, 0) is 14.8 Å². The molecular formula is C17H23NO6S. The summed E-state index contributed by atoms with van der Waals surface area (Å²) >= 11 is 0. The molecule has 2 aliphatic rings. The molecule has 7 nitrogen and oxygen atoms in total. The smallest absolute Gasteiger partial charge is 0.322 e. The van der Waals surface area contributed by atoms with Gasteiger partial charge in [0.25, 0.3) is 0 Å². The molecule has 2 fully saturated rings. The third-order valence-electron chi connectivity index (χ3n) is 5.21. The third kappa shape index (κ3) is 3.20. The molecule has 3 rings (SSSR count). The standard InChI is InChI=1S/C17H23NO6S/c1-23-12-8-13(24-2)10-14(9-12)25(21,22)18-15-6-4-3-5-11(15)7-16(18)17(19)20/h8-11,15-16H,3-7H2,1-2H3,(H,19,20). The Morgan fingerprint density at radius 3 is 2.28 bits per heavy atom. The van der Waals surface area contributed by atoms with Crippen LogP contribution in [0.25, 0.3) is 0 Å². The fourth-order valence-corrected chi connectivity index (χ4v) is 5.95. The van der Waals surface area contributed by atoms with Crippen molar-refractivity contribution in [2.45, 2.75) is 49.1 Å². The average Bonchev–Trinajstić information content (AvgIpc) is 3.01. The van der Waals surface area contributed by atoms with E-state index in [9.17, 15) is 18.3 Å². The lowest BCUT2D eigenvalue weighted by atomic mass is 9.85. The highest BCUT2D eigenvalue weighted by Crippen LogP contribution is 2.43. The summed E-state index contributed by atoms with van der Waals surface area (Å²) in [5.41, 5.74) is 0. The van der Waals surface area contributed by atoms with E-state index in [-0.39, 0.29) is 16.9 Å². The Morgan fingerprint density at radius 2 is 1.72 bits per heavy atom. The molecule has 1 N–H and O–H groups in total. The first-order valence-electron chi connectivity index (χ1n) is 8.38. The summed E-state index contributed by atoms with van der Waals surface area (Å²) in [5.74, 6) is -0.279. The Kier molecular flexibility index (Phi) is 4.92. The van der Waals surface area contributed by atoms with Crippen LogP contribution < -0.4 is 9.47 Å². The van der Waals surface area contributed by atoms with Crippen LogP contribution in [0.15, 0.2) is 23.1 Å². The molecule has 0 aromatic heterocycles. The van der Waals surface area contributed by atoms with Gasteiger partial charge < -0.3 is 14.6 Å². The summed E-state index contributed by atoms with van der Waals surface area (Å²) in [6.45, 7) is 0. The van der Waals surface area contributed by atoms with Crippen LogP contribution in [0, 0.1) is 5.92 Å². The number of carbonyl (C=O) groups is 1. The van der Waals surface area contributed by atoms with Crippen LogP contribution in [0.4, 0.5) is 0 Å². The van der Waals surface area contributed by atoms with Crippen molar-refractivity contribution in [1.29, 1.82) is 0 Å². The fourth-order valence-electron chi connectivity index (χ4n) is 4.03. The summed E-state index contributed by atoms with van der Waals surface area (Å²) in [7, 11) is -1.09. The van der Waals surface area contributed by atoms with Gasteiger partial charge in [0, 0.05) is 24.2 Å². The van der Waals surface area contributed by atoms with Gasteiger partial charge >= 0.3 is 5.97 Å². The van der Waals surface area contributed by atoms with E-state index in [2.05, 4.69) is 0 Å². The first-order valence-corrected chi connectivity index (χ1v) is 9.82. The van der Waals surface area contributed by atoms with Gasteiger partial charge in [0.2, 0.25) is 10.0 Å². The molecule has 3 unspecified atom stereocenters. The average molecular weight is 369 g/mol. The van der Waals surface area contributed by atoms with Crippen molar-refractivity contribution in [2.75, 3.05) is 14.2 Å². The van der Waals surface area contributed by atoms with Crippen molar-refractivity contribution in [3.05, 3.63) is 18.2 Å². The fraction of sp³-hybridized carbons (Fsp3) is 0.588. The summed E-state index contributed by atoms with van der Waals surface area (Å²) in [6, 6.07) is 3.13. The number of rotatable bonds is 5. The number of nitrogens with zero attached hydrogens (tertiary/aromatic N) is 1. The van der Waals surface area contributed by atoms with E-state index in [0.717, 1.165) is 19.3 Å². The molecule has 1 heterocycles. The maximum absolute atomic E-state index is 13.3. The summed E-state index contributed by atoms with van der Waals surface area (Å²) in [6.07, 6.45) is 3.90. The monoisotopic (exact) mass is 369 g/mol. The lowest BCUT2D eigenvalue weighted by molar-refractivity contribution is -0.141. The number of methoxy groups -OCH3 is 2. The van der Waals surface area contributed by atoms with E-state index < -0.39 is 22.0 Å². The molecule has 1 saturated heterocycles. The predicted molar refractivity (Wildman–Crippen MR) is 90.4 cm³/mol. The number of benzene rings is 1. The Bertz CT molecular complexity index is 740. The lowest BCUT2D eigenvalue weighted by Gasteiger charge is -2.32. The minimum atomic E-state index is -3.98. The van der Waals surface area contributed by atoms with E-state index >= 15 is 0 Å². The van der Waals surface area contributed by atoms with Crippen molar-refractivity contribution in [1.82, 2.24) is 4.31 Å². The minimum absolute atomic E-state index is 0.00109. The van der Waals surface area contributed by atoms with Gasteiger partial charge in [0.1, 0.15) is 17.5 Å². The number of sulfonamides is 1. The number of hydrogen-bond donors (Lipinski definition) is 1. The van der Waals surface area contributed by atoms with Crippen molar-refractivity contribution in [3.63, 3.8) is 0 Å². The zero-order chi connectivity index (χ0) is 18.2. The molecule has 8 heteroatoms. The number of aliphatic carboxylic acids is 1.